The summed E-state index contributed by atoms with van der Waals surface area (Å²) < 4.78 is 6.00. The fourth-order valence-corrected chi connectivity index (χ4v) is 2.99. The van der Waals surface area contributed by atoms with Crippen molar-refractivity contribution in [1.29, 1.82) is 0 Å². The number of anilines is 1. The molecule has 0 aliphatic carbocycles. The van der Waals surface area contributed by atoms with Crippen molar-refractivity contribution in [3.05, 3.63) is 65.7 Å². The normalized spacial score (nSPS) is 17.8. The van der Waals surface area contributed by atoms with Gasteiger partial charge >= 0.3 is 0 Å². The molecule has 5 nitrogen and oxygen atoms in total. The maximum absolute atomic E-state index is 12.8. The van der Waals surface area contributed by atoms with Gasteiger partial charge in [0.25, 0.3) is 5.91 Å². The van der Waals surface area contributed by atoms with Crippen molar-refractivity contribution in [2.45, 2.75) is 32.2 Å². The Morgan fingerprint density at radius 3 is 2.52 bits per heavy atom. The molecule has 2 aromatic rings. The molecule has 1 aliphatic heterocycles. The van der Waals surface area contributed by atoms with Gasteiger partial charge in [0, 0.05) is 16.8 Å². The third-order valence-electron chi connectivity index (χ3n) is 4.27. The van der Waals surface area contributed by atoms with Crippen molar-refractivity contribution >= 4 is 11.6 Å². The second-order valence-electron chi connectivity index (χ2n) is 6.65. The van der Waals surface area contributed by atoms with Crippen LogP contribution in [0, 0.1) is 0 Å². The maximum Gasteiger partial charge on any atom is 0.261 e. The molecule has 0 spiro atoms. The van der Waals surface area contributed by atoms with Crippen LogP contribution >= 0.6 is 0 Å². The van der Waals surface area contributed by atoms with Crippen LogP contribution in [0.1, 0.15) is 36.0 Å². The summed E-state index contributed by atoms with van der Waals surface area (Å²) >= 11 is 0. The fourth-order valence-electron chi connectivity index (χ4n) is 2.99. The van der Waals surface area contributed by atoms with Crippen molar-refractivity contribution in [1.82, 2.24) is 0 Å². The van der Waals surface area contributed by atoms with E-state index >= 15 is 0 Å². The highest BCUT2D eigenvalue weighted by atomic mass is 16.5. The van der Waals surface area contributed by atoms with Gasteiger partial charge in [0.2, 0.25) is 0 Å². The Morgan fingerprint density at radius 1 is 1.12 bits per heavy atom. The van der Waals surface area contributed by atoms with Gasteiger partial charge in [-0.3, -0.25) is 9.69 Å². The van der Waals surface area contributed by atoms with Crippen molar-refractivity contribution < 1.29 is 20.0 Å². The molecular weight excluding hydrogens is 316 g/mol. The van der Waals surface area contributed by atoms with Crippen LogP contribution < -0.4 is 10.2 Å². The molecule has 0 saturated heterocycles. The average molecular weight is 341 g/mol. The van der Waals surface area contributed by atoms with Crippen LogP contribution in [0.3, 0.4) is 0 Å². The van der Waals surface area contributed by atoms with Gasteiger partial charge in [-0.2, -0.15) is 0 Å². The number of quaternary nitrogens is 1. The monoisotopic (exact) mass is 341 g/mol. The number of nitrogens with zero attached hydrogens (tertiary/aromatic N) is 1. The Labute approximate surface area is 148 Å². The van der Waals surface area contributed by atoms with Gasteiger partial charge in [0.05, 0.1) is 12.6 Å². The summed E-state index contributed by atoms with van der Waals surface area (Å²) in [5, 5.41) is 12.2. The van der Waals surface area contributed by atoms with Crippen molar-refractivity contribution in [2.75, 3.05) is 18.1 Å². The number of ether oxygens (including phenoxy) is 1. The van der Waals surface area contributed by atoms with Crippen LogP contribution in [-0.4, -0.2) is 36.3 Å². The number of para-hydroxylation sites is 1. The summed E-state index contributed by atoms with van der Waals surface area (Å²) in [4.78, 5) is 14.5. The van der Waals surface area contributed by atoms with Gasteiger partial charge in [-0.05, 0) is 32.0 Å². The number of aliphatic hydroxyl groups is 1. The van der Waals surface area contributed by atoms with Gasteiger partial charge in [0.15, 0.2) is 6.23 Å². The summed E-state index contributed by atoms with van der Waals surface area (Å²) in [7, 11) is 0. The summed E-state index contributed by atoms with van der Waals surface area (Å²) in [5.74, 6) is -0.0740. The lowest BCUT2D eigenvalue weighted by atomic mass is 10.1. The lowest BCUT2D eigenvalue weighted by Crippen LogP contribution is -2.90. The van der Waals surface area contributed by atoms with Gasteiger partial charge in [-0.1, -0.05) is 36.4 Å². The first-order valence-electron chi connectivity index (χ1n) is 8.68. The van der Waals surface area contributed by atoms with Crippen LogP contribution in [0.5, 0.6) is 0 Å². The molecule has 1 amide bonds. The number of hydrogen-bond donors (Lipinski definition) is 2. The minimum absolute atomic E-state index is 0.0740. The molecule has 0 unspecified atom stereocenters. The Bertz CT molecular complexity index is 718. The van der Waals surface area contributed by atoms with Gasteiger partial charge < -0.3 is 15.2 Å². The lowest BCUT2D eigenvalue weighted by Gasteiger charge is -2.26. The van der Waals surface area contributed by atoms with Crippen LogP contribution in [0.15, 0.2) is 54.6 Å². The highest BCUT2D eigenvalue weighted by molar-refractivity contribution is 6.10. The maximum atomic E-state index is 12.8. The number of carbonyl (C=O) groups excluding carboxylic acids is 1. The van der Waals surface area contributed by atoms with E-state index in [2.05, 4.69) is 19.2 Å². The Morgan fingerprint density at radius 2 is 1.80 bits per heavy atom. The summed E-state index contributed by atoms with van der Waals surface area (Å²) in [6.45, 7) is 4.91. The first kappa shape index (κ1) is 17.6. The van der Waals surface area contributed by atoms with E-state index in [-0.39, 0.29) is 12.5 Å². The second-order valence-corrected chi connectivity index (χ2v) is 6.65. The molecule has 1 heterocycles. The smallest absolute Gasteiger partial charge is 0.261 e. The van der Waals surface area contributed by atoms with Gasteiger partial charge in [0.1, 0.15) is 12.6 Å². The molecule has 0 radical (unpaired) electrons. The Kier molecular flexibility index (Phi) is 5.48. The molecule has 5 heteroatoms. The van der Waals surface area contributed by atoms with E-state index in [9.17, 15) is 9.90 Å². The van der Waals surface area contributed by atoms with Gasteiger partial charge in [-0.15, -0.1) is 0 Å². The Balaban J connectivity index is 1.79. The number of hydrogen-bond acceptors (Lipinski definition) is 3. The number of amides is 1. The molecule has 2 atom stereocenters. The second kappa shape index (κ2) is 7.78. The number of nitrogens with two attached hydrogens (primary N) is 1. The molecule has 132 valence electrons. The van der Waals surface area contributed by atoms with Crippen molar-refractivity contribution in [2.24, 2.45) is 0 Å². The number of benzene rings is 2. The SMILES string of the molecule is CC(C)[NH2+]C[C@H](O)CO[C@@H]1c2ccccc2C(=O)N1c1ccccc1. The highest BCUT2D eigenvalue weighted by Gasteiger charge is 2.38. The van der Waals surface area contributed by atoms with E-state index in [1.54, 1.807) is 4.90 Å². The first-order valence-corrected chi connectivity index (χ1v) is 8.68. The van der Waals surface area contributed by atoms with E-state index in [0.717, 1.165) is 11.3 Å². The number of aliphatic hydroxyl groups excluding tert-OH is 1. The molecule has 1 aliphatic rings. The van der Waals surface area contributed by atoms with Crippen molar-refractivity contribution in [3.8, 4) is 0 Å². The lowest BCUT2D eigenvalue weighted by molar-refractivity contribution is -0.688. The van der Waals surface area contributed by atoms with Gasteiger partial charge in [-0.25, -0.2) is 0 Å². The zero-order valence-electron chi connectivity index (χ0n) is 14.6. The van der Waals surface area contributed by atoms with Crippen LogP contribution in [0.25, 0.3) is 0 Å². The average Bonchev–Trinajstić information content (AvgIpc) is 2.91. The molecule has 0 bridgehead atoms. The van der Waals surface area contributed by atoms with Crippen LogP contribution in [0.4, 0.5) is 5.69 Å². The zero-order valence-corrected chi connectivity index (χ0v) is 14.6. The fraction of sp³-hybridized carbons (Fsp3) is 0.350. The van der Waals surface area contributed by atoms with E-state index in [1.807, 2.05) is 54.6 Å². The predicted molar refractivity (Wildman–Crippen MR) is 96.3 cm³/mol. The molecule has 0 aromatic heterocycles. The largest absolute Gasteiger partial charge is 0.385 e. The molecule has 2 aromatic carbocycles. The number of rotatable bonds is 7. The molecule has 0 fully saturated rings. The quantitative estimate of drug-likeness (QED) is 0.805. The number of carbonyl (C=O) groups is 1. The minimum Gasteiger partial charge on any atom is -0.385 e. The molecule has 3 N–H and O–H groups in total. The topological polar surface area (TPSA) is 66.4 Å². The Hall–Kier alpha value is -2.21. The molecular formula is C20H25N2O3+. The summed E-state index contributed by atoms with van der Waals surface area (Å²) in [6.07, 6.45) is -1.09. The summed E-state index contributed by atoms with van der Waals surface area (Å²) in [5.41, 5.74) is 2.29. The molecule has 25 heavy (non-hydrogen) atoms. The molecule has 3 rings (SSSR count). The third-order valence-corrected chi connectivity index (χ3v) is 4.27. The minimum atomic E-state index is -0.581. The van der Waals surface area contributed by atoms with E-state index in [0.29, 0.717) is 18.2 Å². The van der Waals surface area contributed by atoms with E-state index in [4.69, 9.17) is 4.74 Å². The zero-order chi connectivity index (χ0) is 17.8. The van der Waals surface area contributed by atoms with Crippen molar-refractivity contribution in [3.63, 3.8) is 0 Å². The van der Waals surface area contributed by atoms with E-state index < -0.39 is 12.3 Å². The first-order chi connectivity index (χ1) is 12.1. The predicted octanol–water partition coefficient (Wildman–Crippen LogP) is 1.69. The number of fused-ring (bicyclic) bond motifs is 1. The third kappa shape index (κ3) is 3.90. The van der Waals surface area contributed by atoms with Crippen LogP contribution in [0.2, 0.25) is 0 Å². The molecule has 0 saturated carbocycles. The summed E-state index contributed by atoms with van der Waals surface area (Å²) in [6, 6.07) is 17.4. The standard InChI is InChI=1S/C20H24N2O3/c1-14(2)21-12-16(23)13-25-20-18-11-7-6-10-17(18)19(24)22(20)15-8-4-3-5-9-15/h3-11,14,16,20-21,23H,12-13H2,1-2H3/p+1/t16-,20+/m0/s1. The van der Waals surface area contributed by atoms with Crippen LogP contribution in [-0.2, 0) is 4.74 Å². The highest BCUT2D eigenvalue weighted by Crippen LogP contribution is 2.37. The van der Waals surface area contributed by atoms with E-state index in [1.165, 1.54) is 0 Å².